The van der Waals surface area contributed by atoms with Crippen LogP contribution in [0.1, 0.15) is 32.0 Å². The van der Waals surface area contributed by atoms with Crippen molar-refractivity contribution in [2.24, 2.45) is 5.73 Å². The molecule has 3 heteroatoms. The zero-order valence-electron chi connectivity index (χ0n) is 10.6. The molecule has 0 saturated carbocycles. The van der Waals surface area contributed by atoms with Crippen molar-refractivity contribution in [2.45, 2.75) is 32.7 Å². The van der Waals surface area contributed by atoms with E-state index < -0.39 is 0 Å². The average Bonchev–Trinajstić information content (AvgIpc) is 2.76. The SMILES string of the molecule is CC(C)(C)c1ccc(-n2nccc2CN)cc1. The quantitative estimate of drug-likeness (QED) is 0.860. The lowest BCUT2D eigenvalue weighted by Crippen LogP contribution is -2.11. The molecule has 0 amide bonds. The van der Waals surface area contributed by atoms with Crippen LogP contribution in [0.4, 0.5) is 0 Å². The number of hydrogen-bond donors (Lipinski definition) is 1. The minimum atomic E-state index is 0.180. The summed E-state index contributed by atoms with van der Waals surface area (Å²) in [6, 6.07) is 10.4. The summed E-state index contributed by atoms with van der Waals surface area (Å²) in [4.78, 5) is 0. The Kier molecular flexibility index (Phi) is 3.03. The van der Waals surface area contributed by atoms with Gasteiger partial charge in [-0.25, -0.2) is 4.68 Å². The fraction of sp³-hybridized carbons (Fsp3) is 0.357. The largest absolute Gasteiger partial charge is 0.325 e. The van der Waals surface area contributed by atoms with E-state index in [0.29, 0.717) is 6.54 Å². The van der Waals surface area contributed by atoms with Crippen LogP contribution in [0.2, 0.25) is 0 Å². The fourth-order valence-electron chi connectivity index (χ4n) is 1.82. The average molecular weight is 229 g/mol. The summed E-state index contributed by atoms with van der Waals surface area (Å²) in [5.74, 6) is 0. The maximum Gasteiger partial charge on any atom is 0.0649 e. The second kappa shape index (κ2) is 4.34. The Morgan fingerprint density at radius 2 is 1.76 bits per heavy atom. The van der Waals surface area contributed by atoms with Gasteiger partial charge in [0.05, 0.1) is 11.4 Å². The van der Waals surface area contributed by atoms with Gasteiger partial charge in [-0.1, -0.05) is 32.9 Å². The minimum Gasteiger partial charge on any atom is -0.325 e. The first-order valence-corrected chi connectivity index (χ1v) is 5.86. The van der Waals surface area contributed by atoms with Crippen LogP contribution in [0.25, 0.3) is 5.69 Å². The Morgan fingerprint density at radius 1 is 1.12 bits per heavy atom. The van der Waals surface area contributed by atoms with Crippen molar-refractivity contribution in [1.29, 1.82) is 0 Å². The van der Waals surface area contributed by atoms with E-state index in [1.807, 2.05) is 10.7 Å². The number of hydrogen-bond acceptors (Lipinski definition) is 2. The Bertz CT molecular complexity index is 489. The van der Waals surface area contributed by atoms with E-state index in [0.717, 1.165) is 11.4 Å². The van der Waals surface area contributed by atoms with Gasteiger partial charge in [0.15, 0.2) is 0 Å². The molecule has 90 valence electrons. The van der Waals surface area contributed by atoms with Crippen molar-refractivity contribution in [3.05, 3.63) is 47.8 Å². The molecule has 1 aromatic heterocycles. The first-order chi connectivity index (χ1) is 8.02. The molecule has 2 rings (SSSR count). The van der Waals surface area contributed by atoms with Crippen LogP contribution >= 0.6 is 0 Å². The van der Waals surface area contributed by atoms with Gasteiger partial charge in [-0.05, 0) is 29.2 Å². The standard InChI is InChI=1S/C14H19N3/c1-14(2,3)11-4-6-12(7-5-11)17-13(10-15)8-9-16-17/h4-9H,10,15H2,1-3H3. The van der Waals surface area contributed by atoms with Crippen molar-refractivity contribution in [1.82, 2.24) is 9.78 Å². The number of nitrogens with two attached hydrogens (primary N) is 1. The molecular weight excluding hydrogens is 210 g/mol. The zero-order valence-corrected chi connectivity index (χ0v) is 10.6. The summed E-state index contributed by atoms with van der Waals surface area (Å²) in [6.45, 7) is 7.13. The summed E-state index contributed by atoms with van der Waals surface area (Å²) in [7, 11) is 0. The highest BCUT2D eigenvalue weighted by molar-refractivity contribution is 5.37. The number of aromatic nitrogens is 2. The highest BCUT2D eigenvalue weighted by atomic mass is 15.3. The number of nitrogens with zero attached hydrogens (tertiary/aromatic N) is 2. The number of benzene rings is 1. The predicted octanol–water partition coefficient (Wildman–Crippen LogP) is 2.63. The molecule has 0 radical (unpaired) electrons. The van der Waals surface area contributed by atoms with Gasteiger partial charge in [0.25, 0.3) is 0 Å². The predicted molar refractivity (Wildman–Crippen MR) is 70.2 cm³/mol. The molecule has 0 bridgehead atoms. The van der Waals surface area contributed by atoms with Gasteiger partial charge in [-0.2, -0.15) is 5.10 Å². The van der Waals surface area contributed by atoms with Crippen LogP contribution in [-0.2, 0) is 12.0 Å². The highest BCUT2D eigenvalue weighted by Crippen LogP contribution is 2.23. The van der Waals surface area contributed by atoms with Gasteiger partial charge < -0.3 is 5.73 Å². The van der Waals surface area contributed by atoms with Crippen molar-refractivity contribution in [3.63, 3.8) is 0 Å². The zero-order chi connectivity index (χ0) is 12.5. The smallest absolute Gasteiger partial charge is 0.0649 e. The van der Waals surface area contributed by atoms with Crippen LogP contribution in [0.3, 0.4) is 0 Å². The second-order valence-corrected chi connectivity index (χ2v) is 5.24. The molecule has 0 fully saturated rings. The Labute approximate surface area is 102 Å². The molecule has 2 N–H and O–H groups in total. The van der Waals surface area contributed by atoms with E-state index >= 15 is 0 Å². The van der Waals surface area contributed by atoms with E-state index in [1.165, 1.54) is 5.56 Å². The first-order valence-electron chi connectivity index (χ1n) is 5.86. The van der Waals surface area contributed by atoms with Gasteiger partial charge >= 0.3 is 0 Å². The molecule has 17 heavy (non-hydrogen) atoms. The molecule has 0 saturated heterocycles. The fourth-order valence-corrected chi connectivity index (χ4v) is 1.82. The third-order valence-electron chi connectivity index (χ3n) is 2.91. The van der Waals surface area contributed by atoms with Crippen LogP contribution in [0, 0.1) is 0 Å². The van der Waals surface area contributed by atoms with Gasteiger partial charge in [-0.3, -0.25) is 0 Å². The van der Waals surface area contributed by atoms with E-state index in [1.54, 1.807) is 6.20 Å². The van der Waals surface area contributed by atoms with E-state index in [2.05, 4.69) is 50.1 Å². The van der Waals surface area contributed by atoms with Crippen LogP contribution in [0.5, 0.6) is 0 Å². The minimum absolute atomic E-state index is 0.180. The monoisotopic (exact) mass is 229 g/mol. The Morgan fingerprint density at radius 3 is 2.29 bits per heavy atom. The van der Waals surface area contributed by atoms with Crippen molar-refractivity contribution < 1.29 is 0 Å². The summed E-state index contributed by atoms with van der Waals surface area (Å²) in [6.07, 6.45) is 1.78. The van der Waals surface area contributed by atoms with Gasteiger partial charge in [0, 0.05) is 12.7 Å². The van der Waals surface area contributed by atoms with Gasteiger partial charge in [0.1, 0.15) is 0 Å². The number of rotatable bonds is 2. The Hall–Kier alpha value is -1.61. The van der Waals surface area contributed by atoms with E-state index in [-0.39, 0.29) is 5.41 Å². The summed E-state index contributed by atoms with van der Waals surface area (Å²) in [5.41, 5.74) is 9.25. The van der Waals surface area contributed by atoms with Crippen LogP contribution in [-0.4, -0.2) is 9.78 Å². The van der Waals surface area contributed by atoms with Crippen molar-refractivity contribution >= 4 is 0 Å². The lowest BCUT2D eigenvalue weighted by Gasteiger charge is -2.19. The van der Waals surface area contributed by atoms with Crippen LogP contribution < -0.4 is 5.73 Å². The normalized spacial score (nSPS) is 11.8. The molecule has 0 spiro atoms. The first kappa shape index (κ1) is 11.9. The lowest BCUT2D eigenvalue weighted by molar-refractivity contribution is 0.590. The maximum absolute atomic E-state index is 5.67. The Balaban J connectivity index is 2.36. The summed E-state index contributed by atoms with van der Waals surface area (Å²) in [5, 5.41) is 4.29. The van der Waals surface area contributed by atoms with Gasteiger partial charge in [-0.15, -0.1) is 0 Å². The molecule has 0 aliphatic heterocycles. The van der Waals surface area contributed by atoms with Crippen molar-refractivity contribution in [2.75, 3.05) is 0 Å². The lowest BCUT2D eigenvalue weighted by atomic mass is 9.87. The van der Waals surface area contributed by atoms with Crippen LogP contribution in [0.15, 0.2) is 36.5 Å². The third-order valence-corrected chi connectivity index (χ3v) is 2.91. The van der Waals surface area contributed by atoms with E-state index in [9.17, 15) is 0 Å². The molecule has 0 aliphatic carbocycles. The molecule has 0 aliphatic rings. The van der Waals surface area contributed by atoms with E-state index in [4.69, 9.17) is 5.73 Å². The molecular formula is C14H19N3. The highest BCUT2D eigenvalue weighted by Gasteiger charge is 2.13. The van der Waals surface area contributed by atoms with Gasteiger partial charge in [0.2, 0.25) is 0 Å². The summed E-state index contributed by atoms with van der Waals surface area (Å²) < 4.78 is 1.88. The topological polar surface area (TPSA) is 43.8 Å². The molecule has 3 nitrogen and oxygen atoms in total. The second-order valence-electron chi connectivity index (χ2n) is 5.24. The maximum atomic E-state index is 5.67. The third kappa shape index (κ3) is 2.39. The molecule has 1 aromatic carbocycles. The summed E-state index contributed by atoms with van der Waals surface area (Å²) >= 11 is 0. The molecule has 0 atom stereocenters. The van der Waals surface area contributed by atoms with Crippen molar-refractivity contribution in [3.8, 4) is 5.69 Å². The molecule has 1 heterocycles. The molecule has 0 unspecified atom stereocenters. The molecule has 2 aromatic rings.